The van der Waals surface area contributed by atoms with Crippen LogP contribution in [0.5, 0.6) is 5.75 Å². The average molecular weight is 569 g/mol. The number of carbonyl (C=O) groups excluding carboxylic acids is 2. The van der Waals surface area contributed by atoms with Crippen LogP contribution in [0.3, 0.4) is 0 Å². The largest absolute Gasteiger partial charge is 0.507 e. The Labute approximate surface area is 229 Å². The number of halogens is 1. The smallest absolute Gasteiger partial charge is 0.295 e. The zero-order chi connectivity index (χ0) is 26.6. The van der Waals surface area contributed by atoms with Crippen LogP contribution in [0.1, 0.15) is 33.9 Å². The molecule has 0 spiro atoms. The van der Waals surface area contributed by atoms with Gasteiger partial charge in [-0.25, -0.2) is 0 Å². The molecule has 1 aliphatic rings. The normalized spacial score (nSPS) is 16.6. The van der Waals surface area contributed by atoms with Gasteiger partial charge in [-0.2, -0.15) is 0 Å². The summed E-state index contributed by atoms with van der Waals surface area (Å²) < 4.78 is 6.79. The summed E-state index contributed by atoms with van der Waals surface area (Å²) in [5.74, 6) is -0.951. The number of benzene rings is 3. The van der Waals surface area contributed by atoms with E-state index in [1.165, 1.54) is 4.90 Å². The fourth-order valence-electron chi connectivity index (χ4n) is 4.60. The van der Waals surface area contributed by atoms with Gasteiger partial charge in [0.25, 0.3) is 11.7 Å². The van der Waals surface area contributed by atoms with E-state index >= 15 is 0 Å². The number of amides is 1. The second-order valence-corrected chi connectivity index (χ2v) is 10.0. The Balaban J connectivity index is 1.52. The molecule has 3 aromatic carbocycles. The molecule has 0 bridgehead atoms. The van der Waals surface area contributed by atoms with E-state index < -0.39 is 17.7 Å². The highest BCUT2D eigenvalue weighted by Gasteiger charge is 2.46. The molecular weight excluding hydrogens is 544 g/mol. The first-order valence-corrected chi connectivity index (χ1v) is 12.9. The Hall–Kier alpha value is -4.23. The molecule has 1 amide bonds. The lowest BCUT2D eigenvalue weighted by Gasteiger charge is -2.25. The van der Waals surface area contributed by atoms with E-state index in [0.29, 0.717) is 17.9 Å². The molecule has 1 N–H and O–H groups in total. The predicted molar refractivity (Wildman–Crippen MR) is 148 cm³/mol. The molecule has 2 heterocycles. The maximum Gasteiger partial charge on any atom is 0.295 e. The van der Waals surface area contributed by atoms with Crippen LogP contribution in [0.2, 0.25) is 0 Å². The van der Waals surface area contributed by atoms with Crippen molar-refractivity contribution in [3.05, 3.63) is 135 Å². The zero-order valence-corrected chi connectivity index (χ0v) is 22.3. The third-order valence-electron chi connectivity index (χ3n) is 6.50. The summed E-state index contributed by atoms with van der Waals surface area (Å²) in [6.07, 6.45) is 3.32. The Morgan fingerprint density at radius 2 is 1.71 bits per heavy atom. The number of aliphatic hydroxyl groups excluding tert-OH is 1. The molecule has 38 heavy (non-hydrogen) atoms. The Morgan fingerprint density at radius 1 is 0.974 bits per heavy atom. The van der Waals surface area contributed by atoms with E-state index in [9.17, 15) is 14.7 Å². The zero-order valence-electron chi connectivity index (χ0n) is 20.7. The number of aliphatic hydroxyl groups is 1. The van der Waals surface area contributed by atoms with Crippen LogP contribution in [0, 0.1) is 6.92 Å². The first-order chi connectivity index (χ1) is 18.4. The quantitative estimate of drug-likeness (QED) is 0.159. The molecular formula is C31H25BrN2O4. The van der Waals surface area contributed by atoms with Crippen molar-refractivity contribution in [3.63, 3.8) is 0 Å². The molecule has 1 fully saturated rings. The van der Waals surface area contributed by atoms with E-state index in [1.54, 1.807) is 30.6 Å². The van der Waals surface area contributed by atoms with E-state index in [1.807, 2.05) is 73.7 Å². The van der Waals surface area contributed by atoms with Crippen molar-refractivity contribution in [2.45, 2.75) is 26.1 Å². The van der Waals surface area contributed by atoms with E-state index in [4.69, 9.17) is 4.74 Å². The van der Waals surface area contributed by atoms with Gasteiger partial charge in [0.2, 0.25) is 0 Å². The third-order valence-corrected chi connectivity index (χ3v) is 7.03. The number of Topliss-reactive ketones (excluding diaryl/α,β-unsaturated/α-hetero) is 1. The lowest BCUT2D eigenvalue weighted by molar-refractivity contribution is -0.140. The number of aromatic nitrogens is 1. The van der Waals surface area contributed by atoms with Crippen LogP contribution in [-0.2, 0) is 22.7 Å². The number of carbonyl (C=O) groups is 2. The second kappa shape index (κ2) is 11.0. The summed E-state index contributed by atoms with van der Waals surface area (Å²) in [5.41, 5.74) is 3.80. The van der Waals surface area contributed by atoms with Gasteiger partial charge in [-0.15, -0.1) is 0 Å². The molecule has 0 aliphatic carbocycles. The topological polar surface area (TPSA) is 79.7 Å². The van der Waals surface area contributed by atoms with Crippen LogP contribution in [0.25, 0.3) is 5.76 Å². The number of ether oxygens (including phenoxy) is 1. The van der Waals surface area contributed by atoms with Crippen LogP contribution in [-0.4, -0.2) is 26.7 Å². The Bertz CT molecular complexity index is 1500. The van der Waals surface area contributed by atoms with Crippen molar-refractivity contribution >= 4 is 33.4 Å². The van der Waals surface area contributed by atoms with Crippen LogP contribution in [0.15, 0.2) is 107 Å². The van der Waals surface area contributed by atoms with E-state index in [0.717, 1.165) is 26.7 Å². The molecule has 6 nitrogen and oxygen atoms in total. The molecule has 190 valence electrons. The fraction of sp³-hybridized carbons (Fsp3) is 0.129. The monoisotopic (exact) mass is 568 g/mol. The van der Waals surface area contributed by atoms with Gasteiger partial charge in [0.1, 0.15) is 18.1 Å². The minimum atomic E-state index is -0.753. The van der Waals surface area contributed by atoms with Crippen molar-refractivity contribution in [2.24, 2.45) is 0 Å². The predicted octanol–water partition coefficient (Wildman–Crippen LogP) is 6.35. The summed E-state index contributed by atoms with van der Waals surface area (Å²) in [7, 11) is 0. The van der Waals surface area contributed by atoms with Crippen LogP contribution >= 0.6 is 15.9 Å². The molecule has 1 aliphatic heterocycles. The summed E-state index contributed by atoms with van der Waals surface area (Å²) in [6.45, 7) is 2.43. The Kier molecular flexibility index (Phi) is 7.38. The highest BCUT2D eigenvalue weighted by atomic mass is 79.9. The summed E-state index contributed by atoms with van der Waals surface area (Å²) >= 11 is 3.44. The SMILES string of the molecule is Cc1cc(OCc2ccccc2)ccc1/C(O)=C1\C(=O)C(=O)N(Cc2cccnc2)[C@H]1c1ccc(Br)cc1. The van der Waals surface area contributed by atoms with Crippen LogP contribution < -0.4 is 4.74 Å². The third kappa shape index (κ3) is 5.24. The van der Waals surface area contributed by atoms with Gasteiger partial charge in [-0.1, -0.05) is 64.5 Å². The maximum atomic E-state index is 13.4. The van der Waals surface area contributed by atoms with E-state index in [-0.39, 0.29) is 17.9 Å². The minimum Gasteiger partial charge on any atom is -0.507 e. The summed E-state index contributed by atoms with van der Waals surface area (Å²) in [5, 5.41) is 11.5. The first kappa shape index (κ1) is 25.4. The Morgan fingerprint density at radius 3 is 2.39 bits per heavy atom. The highest BCUT2D eigenvalue weighted by molar-refractivity contribution is 9.10. The number of hydrogen-bond acceptors (Lipinski definition) is 5. The second-order valence-electron chi connectivity index (χ2n) is 9.09. The van der Waals surface area contributed by atoms with Crippen molar-refractivity contribution in [1.82, 2.24) is 9.88 Å². The van der Waals surface area contributed by atoms with Crippen molar-refractivity contribution in [3.8, 4) is 5.75 Å². The van der Waals surface area contributed by atoms with Crippen LogP contribution in [0.4, 0.5) is 0 Å². The van der Waals surface area contributed by atoms with Gasteiger partial charge in [-0.05, 0) is 65.6 Å². The average Bonchev–Trinajstić information content (AvgIpc) is 3.18. The highest BCUT2D eigenvalue weighted by Crippen LogP contribution is 2.41. The molecule has 4 aromatic rings. The number of hydrogen-bond donors (Lipinski definition) is 1. The molecule has 0 unspecified atom stereocenters. The van der Waals surface area contributed by atoms with Crippen molar-refractivity contribution < 1.29 is 19.4 Å². The summed E-state index contributed by atoms with van der Waals surface area (Å²) in [4.78, 5) is 32.2. The fourth-order valence-corrected chi connectivity index (χ4v) is 4.87. The van der Waals surface area contributed by atoms with Gasteiger partial charge in [0.15, 0.2) is 0 Å². The minimum absolute atomic E-state index is 0.0577. The number of nitrogens with zero attached hydrogens (tertiary/aromatic N) is 2. The number of aryl methyl sites for hydroxylation is 1. The number of ketones is 1. The van der Waals surface area contributed by atoms with E-state index in [2.05, 4.69) is 20.9 Å². The number of likely N-dealkylation sites (tertiary alicyclic amines) is 1. The van der Waals surface area contributed by atoms with Gasteiger partial charge in [0, 0.05) is 29.0 Å². The van der Waals surface area contributed by atoms with Gasteiger partial charge >= 0.3 is 0 Å². The number of pyridine rings is 1. The van der Waals surface area contributed by atoms with Crippen molar-refractivity contribution in [1.29, 1.82) is 0 Å². The molecule has 1 aromatic heterocycles. The summed E-state index contributed by atoms with van der Waals surface area (Å²) in [6, 6.07) is 25.4. The molecule has 0 saturated carbocycles. The molecule has 1 saturated heterocycles. The van der Waals surface area contributed by atoms with Gasteiger partial charge in [0.05, 0.1) is 11.6 Å². The first-order valence-electron chi connectivity index (χ1n) is 12.1. The molecule has 7 heteroatoms. The molecule has 0 radical (unpaired) electrons. The molecule has 5 rings (SSSR count). The van der Waals surface area contributed by atoms with Crippen molar-refractivity contribution in [2.75, 3.05) is 0 Å². The van der Waals surface area contributed by atoms with Gasteiger partial charge < -0.3 is 14.7 Å². The standard InChI is InChI=1S/C31H25BrN2O4/c1-20-16-25(38-19-21-6-3-2-4-7-21)13-14-26(20)29(35)27-28(23-9-11-24(32)12-10-23)34(31(37)30(27)36)18-22-8-5-15-33-17-22/h2-17,28,35H,18-19H2,1H3/b29-27+/t28-/m0/s1. The lowest BCUT2D eigenvalue weighted by atomic mass is 9.94. The number of rotatable bonds is 7. The molecule has 1 atom stereocenters. The van der Waals surface area contributed by atoms with Gasteiger partial charge in [-0.3, -0.25) is 14.6 Å². The maximum absolute atomic E-state index is 13.4. The lowest BCUT2D eigenvalue weighted by Crippen LogP contribution is -2.29.